The van der Waals surface area contributed by atoms with Gasteiger partial charge in [0, 0.05) is 13.0 Å². The number of hydrogen-bond acceptors (Lipinski definition) is 2. The van der Waals surface area contributed by atoms with E-state index in [1.165, 1.54) is 6.07 Å². The predicted molar refractivity (Wildman–Crippen MR) is 52.6 cm³/mol. The highest BCUT2D eigenvalue weighted by atomic mass is 19.2. The van der Waals surface area contributed by atoms with Crippen LogP contribution in [0.2, 0.25) is 0 Å². The van der Waals surface area contributed by atoms with Gasteiger partial charge in [0.15, 0.2) is 11.6 Å². The summed E-state index contributed by atoms with van der Waals surface area (Å²) in [6, 6.07) is 3.59. The highest BCUT2D eigenvalue weighted by molar-refractivity contribution is 5.18. The molecule has 0 fully saturated rings. The van der Waals surface area contributed by atoms with Crippen LogP contribution < -0.4 is 0 Å². The summed E-state index contributed by atoms with van der Waals surface area (Å²) in [6.45, 7) is 2.55. The molecule has 0 spiro atoms. The van der Waals surface area contributed by atoms with E-state index in [9.17, 15) is 13.9 Å². The largest absolute Gasteiger partial charge is 0.390 e. The average Bonchev–Trinajstić information content (AvgIpc) is 2.20. The maximum Gasteiger partial charge on any atom is 0.159 e. The fraction of sp³-hybridized carbons (Fsp3) is 0.455. The molecule has 0 saturated carbocycles. The van der Waals surface area contributed by atoms with Gasteiger partial charge in [0.2, 0.25) is 0 Å². The SMILES string of the molecule is CCOCC(O)Cc1ccc(F)c(F)c1. The zero-order chi connectivity index (χ0) is 11.3. The molecule has 0 heterocycles. The van der Waals surface area contributed by atoms with Crippen molar-refractivity contribution in [2.75, 3.05) is 13.2 Å². The van der Waals surface area contributed by atoms with Crippen molar-refractivity contribution in [3.05, 3.63) is 35.4 Å². The fourth-order valence-electron chi connectivity index (χ4n) is 1.25. The number of aliphatic hydroxyl groups excluding tert-OH is 1. The number of halogens is 2. The number of hydrogen-bond donors (Lipinski definition) is 1. The molecule has 1 aromatic carbocycles. The third-order valence-electron chi connectivity index (χ3n) is 1.97. The Kier molecular flexibility index (Phi) is 4.65. The summed E-state index contributed by atoms with van der Waals surface area (Å²) < 4.78 is 30.4. The normalized spacial score (nSPS) is 12.8. The lowest BCUT2D eigenvalue weighted by Gasteiger charge is -2.10. The highest BCUT2D eigenvalue weighted by Crippen LogP contribution is 2.10. The van der Waals surface area contributed by atoms with E-state index < -0.39 is 17.7 Å². The second-order valence-electron chi connectivity index (χ2n) is 3.27. The Morgan fingerprint density at radius 1 is 1.33 bits per heavy atom. The van der Waals surface area contributed by atoms with Crippen molar-refractivity contribution in [3.8, 4) is 0 Å². The van der Waals surface area contributed by atoms with Crippen molar-refractivity contribution >= 4 is 0 Å². The van der Waals surface area contributed by atoms with E-state index in [-0.39, 0.29) is 13.0 Å². The van der Waals surface area contributed by atoms with Gasteiger partial charge in [0.1, 0.15) is 0 Å². The van der Waals surface area contributed by atoms with Crippen molar-refractivity contribution in [2.45, 2.75) is 19.4 Å². The van der Waals surface area contributed by atoms with Crippen LogP contribution in [0.4, 0.5) is 8.78 Å². The Morgan fingerprint density at radius 3 is 2.67 bits per heavy atom. The Balaban J connectivity index is 2.53. The Labute approximate surface area is 87.5 Å². The van der Waals surface area contributed by atoms with E-state index >= 15 is 0 Å². The zero-order valence-electron chi connectivity index (χ0n) is 8.54. The molecule has 1 aromatic rings. The molecule has 84 valence electrons. The second kappa shape index (κ2) is 5.78. The van der Waals surface area contributed by atoms with E-state index in [1.807, 2.05) is 6.92 Å². The van der Waals surface area contributed by atoms with Gasteiger partial charge in [-0.2, -0.15) is 0 Å². The molecule has 0 amide bonds. The van der Waals surface area contributed by atoms with Crippen molar-refractivity contribution < 1.29 is 18.6 Å². The third kappa shape index (κ3) is 3.93. The molecule has 0 radical (unpaired) electrons. The van der Waals surface area contributed by atoms with Gasteiger partial charge in [-0.3, -0.25) is 0 Å². The van der Waals surface area contributed by atoms with Gasteiger partial charge in [-0.1, -0.05) is 6.07 Å². The molecule has 0 saturated heterocycles. The zero-order valence-corrected chi connectivity index (χ0v) is 8.54. The molecular formula is C11H14F2O2. The van der Waals surface area contributed by atoms with Gasteiger partial charge in [-0.05, 0) is 24.6 Å². The van der Waals surface area contributed by atoms with Crippen molar-refractivity contribution in [3.63, 3.8) is 0 Å². The first-order valence-electron chi connectivity index (χ1n) is 4.83. The van der Waals surface area contributed by atoms with Crippen LogP contribution in [-0.2, 0) is 11.2 Å². The fourth-order valence-corrected chi connectivity index (χ4v) is 1.25. The van der Waals surface area contributed by atoms with E-state index in [0.29, 0.717) is 12.2 Å². The van der Waals surface area contributed by atoms with Crippen LogP contribution in [-0.4, -0.2) is 24.4 Å². The molecule has 1 unspecified atom stereocenters. The van der Waals surface area contributed by atoms with Gasteiger partial charge in [-0.15, -0.1) is 0 Å². The maximum atomic E-state index is 12.8. The molecule has 0 aliphatic heterocycles. The minimum atomic E-state index is -0.892. The molecule has 0 aliphatic rings. The third-order valence-corrected chi connectivity index (χ3v) is 1.97. The van der Waals surface area contributed by atoms with E-state index in [0.717, 1.165) is 12.1 Å². The second-order valence-corrected chi connectivity index (χ2v) is 3.27. The van der Waals surface area contributed by atoms with Crippen LogP contribution >= 0.6 is 0 Å². The summed E-state index contributed by atoms with van der Waals surface area (Å²) in [6.07, 6.45) is -0.424. The van der Waals surface area contributed by atoms with Gasteiger partial charge in [0.05, 0.1) is 12.7 Å². The lowest BCUT2D eigenvalue weighted by atomic mass is 10.1. The lowest BCUT2D eigenvalue weighted by molar-refractivity contribution is 0.0429. The molecule has 2 nitrogen and oxygen atoms in total. The molecule has 1 N–H and O–H groups in total. The van der Waals surface area contributed by atoms with Crippen LogP contribution in [0.5, 0.6) is 0 Å². The monoisotopic (exact) mass is 216 g/mol. The van der Waals surface area contributed by atoms with Gasteiger partial charge in [-0.25, -0.2) is 8.78 Å². The summed E-state index contributed by atoms with van der Waals surface area (Å²) in [7, 11) is 0. The van der Waals surface area contributed by atoms with Crippen LogP contribution in [0.25, 0.3) is 0 Å². The molecule has 1 rings (SSSR count). The Bertz CT molecular complexity index is 315. The van der Waals surface area contributed by atoms with E-state index in [2.05, 4.69) is 0 Å². The minimum absolute atomic E-state index is 0.204. The number of rotatable bonds is 5. The van der Waals surface area contributed by atoms with Crippen LogP contribution in [0.15, 0.2) is 18.2 Å². The molecule has 1 atom stereocenters. The Hall–Kier alpha value is -1.00. The van der Waals surface area contributed by atoms with E-state index in [1.54, 1.807) is 0 Å². The molecule has 4 heteroatoms. The summed E-state index contributed by atoms with van der Waals surface area (Å²) in [5, 5.41) is 9.45. The maximum absolute atomic E-state index is 12.8. The predicted octanol–water partition coefficient (Wildman–Crippen LogP) is 1.90. The molecular weight excluding hydrogens is 202 g/mol. The first kappa shape index (κ1) is 12.1. The van der Waals surface area contributed by atoms with Crippen LogP contribution in [0.1, 0.15) is 12.5 Å². The van der Waals surface area contributed by atoms with Crippen molar-refractivity contribution in [1.82, 2.24) is 0 Å². The Morgan fingerprint density at radius 2 is 2.07 bits per heavy atom. The first-order chi connectivity index (χ1) is 7.13. The van der Waals surface area contributed by atoms with E-state index in [4.69, 9.17) is 4.74 Å². The summed E-state index contributed by atoms with van der Waals surface area (Å²) in [5.74, 6) is -1.77. The molecule has 0 aliphatic carbocycles. The molecule has 15 heavy (non-hydrogen) atoms. The molecule has 0 bridgehead atoms. The lowest BCUT2D eigenvalue weighted by Crippen LogP contribution is -2.18. The smallest absolute Gasteiger partial charge is 0.159 e. The number of benzene rings is 1. The summed E-state index contributed by atoms with van der Waals surface area (Å²) in [5.41, 5.74) is 0.557. The standard InChI is InChI=1S/C11H14F2O2/c1-2-15-7-9(14)5-8-3-4-10(12)11(13)6-8/h3-4,6,9,14H,2,5,7H2,1H3. The van der Waals surface area contributed by atoms with Gasteiger partial charge in [0.25, 0.3) is 0 Å². The minimum Gasteiger partial charge on any atom is -0.390 e. The highest BCUT2D eigenvalue weighted by Gasteiger charge is 2.08. The summed E-state index contributed by atoms with van der Waals surface area (Å²) in [4.78, 5) is 0. The van der Waals surface area contributed by atoms with Crippen LogP contribution in [0, 0.1) is 11.6 Å². The van der Waals surface area contributed by atoms with Gasteiger partial charge >= 0.3 is 0 Å². The number of aliphatic hydroxyl groups is 1. The quantitative estimate of drug-likeness (QED) is 0.814. The van der Waals surface area contributed by atoms with Crippen molar-refractivity contribution in [2.24, 2.45) is 0 Å². The van der Waals surface area contributed by atoms with Gasteiger partial charge < -0.3 is 9.84 Å². The first-order valence-corrected chi connectivity index (χ1v) is 4.83. The van der Waals surface area contributed by atoms with Crippen molar-refractivity contribution in [1.29, 1.82) is 0 Å². The van der Waals surface area contributed by atoms with Crippen LogP contribution in [0.3, 0.4) is 0 Å². The number of ether oxygens (including phenoxy) is 1. The topological polar surface area (TPSA) is 29.5 Å². The summed E-state index contributed by atoms with van der Waals surface area (Å²) >= 11 is 0. The average molecular weight is 216 g/mol. The molecule has 0 aromatic heterocycles.